The maximum atomic E-state index is 13.1. The molecule has 1 aromatic heterocycles. The van der Waals surface area contributed by atoms with Gasteiger partial charge in [0.2, 0.25) is 0 Å². The van der Waals surface area contributed by atoms with E-state index in [0.717, 1.165) is 11.3 Å². The van der Waals surface area contributed by atoms with Crippen molar-refractivity contribution in [3.05, 3.63) is 64.0 Å². The second kappa shape index (κ2) is 11.4. The lowest BCUT2D eigenvalue weighted by molar-refractivity contribution is 0.0601. The highest BCUT2D eigenvalue weighted by Gasteiger charge is 2.27. The van der Waals surface area contributed by atoms with E-state index in [9.17, 15) is 14.4 Å². The number of thiophene rings is 1. The van der Waals surface area contributed by atoms with Crippen LogP contribution in [0.3, 0.4) is 0 Å². The Bertz CT molecular complexity index is 1250. The van der Waals surface area contributed by atoms with E-state index in [0.29, 0.717) is 35.1 Å². The minimum atomic E-state index is -0.671. The first-order valence-electron chi connectivity index (χ1n) is 10.6. The topological polar surface area (TPSA) is 112 Å². The summed E-state index contributed by atoms with van der Waals surface area (Å²) in [5, 5.41) is 5.73. The Morgan fingerprint density at radius 3 is 2.26 bits per heavy atom. The minimum absolute atomic E-state index is 0.106. The van der Waals surface area contributed by atoms with Crippen molar-refractivity contribution in [1.29, 1.82) is 0 Å². The number of carbonyl (C=O) groups excluding carboxylic acids is 3. The van der Waals surface area contributed by atoms with Gasteiger partial charge in [-0.2, -0.15) is 0 Å². The molecule has 2 amide bonds. The predicted octanol–water partition coefficient (Wildman–Crippen LogP) is 4.76. The predicted molar refractivity (Wildman–Crippen MR) is 133 cm³/mol. The molecule has 3 aromatic rings. The summed E-state index contributed by atoms with van der Waals surface area (Å²) >= 11 is 0.975. The molecule has 0 bridgehead atoms. The number of para-hydroxylation sites is 2. The Kier molecular flexibility index (Phi) is 8.32. The summed E-state index contributed by atoms with van der Waals surface area (Å²) in [5.74, 6) is -0.244. The highest BCUT2D eigenvalue weighted by atomic mass is 32.1. The van der Waals surface area contributed by atoms with Crippen molar-refractivity contribution in [3.8, 4) is 17.2 Å². The molecule has 0 saturated carbocycles. The number of hydrogen-bond donors (Lipinski definition) is 2. The van der Waals surface area contributed by atoms with Crippen molar-refractivity contribution in [2.24, 2.45) is 0 Å². The molecule has 184 valence electrons. The number of amides is 2. The van der Waals surface area contributed by atoms with Crippen LogP contribution in [0.1, 0.15) is 42.9 Å². The van der Waals surface area contributed by atoms with Crippen LogP contribution < -0.4 is 24.8 Å². The molecule has 0 fully saturated rings. The highest BCUT2D eigenvalue weighted by molar-refractivity contribution is 7.19. The van der Waals surface area contributed by atoms with Gasteiger partial charge < -0.3 is 29.6 Å². The Morgan fingerprint density at radius 2 is 1.60 bits per heavy atom. The lowest BCUT2D eigenvalue weighted by Crippen LogP contribution is -2.15. The van der Waals surface area contributed by atoms with Gasteiger partial charge in [0.15, 0.2) is 11.5 Å². The molecule has 0 radical (unpaired) electrons. The van der Waals surface area contributed by atoms with Crippen LogP contribution >= 0.6 is 11.3 Å². The third-order valence-corrected chi connectivity index (χ3v) is 6.26. The number of esters is 1. The van der Waals surface area contributed by atoms with Crippen molar-refractivity contribution >= 4 is 39.8 Å². The van der Waals surface area contributed by atoms with E-state index in [4.69, 9.17) is 18.9 Å². The number of benzene rings is 2. The maximum absolute atomic E-state index is 13.1. The van der Waals surface area contributed by atoms with E-state index in [1.807, 2.05) is 6.92 Å². The van der Waals surface area contributed by atoms with Gasteiger partial charge in [-0.25, -0.2) is 4.79 Å². The van der Waals surface area contributed by atoms with Crippen molar-refractivity contribution in [2.75, 3.05) is 38.6 Å². The molecule has 0 unspecified atom stereocenters. The van der Waals surface area contributed by atoms with Gasteiger partial charge in [-0.3, -0.25) is 9.59 Å². The number of methoxy groups -OCH3 is 3. The zero-order chi connectivity index (χ0) is 25.5. The largest absolute Gasteiger partial charge is 0.493 e. The van der Waals surface area contributed by atoms with Crippen LogP contribution in [0, 0.1) is 6.92 Å². The first-order valence-corrected chi connectivity index (χ1v) is 11.4. The number of carbonyl (C=O) groups is 3. The van der Waals surface area contributed by atoms with E-state index >= 15 is 0 Å². The smallest absolute Gasteiger partial charge is 0.341 e. The first kappa shape index (κ1) is 25.6. The first-order chi connectivity index (χ1) is 16.8. The summed E-state index contributed by atoms with van der Waals surface area (Å²) in [5.41, 5.74) is 1.26. The van der Waals surface area contributed by atoms with Crippen LogP contribution in [0.2, 0.25) is 0 Å². The Morgan fingerprint density at radius 1 is 0.886 bits per heavy atom. The summed E-state index contributed by atoms with van der Waals surface area (Å²) in [6, 6.07) is 11.7. The van der Waals surface area contributed by atoms with Crippen molar-refractivity contribution in [2.45, 2.75) is 13.8 Å². The summed E-state index contributed by atoms with van der Waals surface area (Å²) in [6.07, 6.45) is 0. The fraction of sp³-hybridized carbons (Fsp3) is 0.240. The molecule has 0 saturated heterocycles. The average molecular weight is 499 g/mol. The van der Waals surface area contributed by atoms with Crippen LogP contribution in [0.15, 0.2) is 42.5 Å². The molecule has 0 spiro atoms. The van der Waals surface area contributed by atoms with Crippen molar-refractivity contribution in [3.63, 3.8) is 0 Å². The van der Waals surface area contributed by atoms with E-state index in [1.54, 1.807) is 43.3 Å². The zero-order valence-corrected chi connectivity index (χ0v) is 20.8. The quantitative estimate of drug-likeness (QED) is 0.409. The lowest BCUT2D eigenvalue weighted by Gasteiger charge is -2.11. The highest BCUT2D eigenvalue weighted by Crippen LogP contribution is 2.36. The molecule has 0 aliphatic heterocycles. The molecular formula is C25H26N2O7S. The van der Waals surface area contributed by atoms with Gasteiger partial charge in [0.1, 0.15) is 10.8 Å². The number of hydrogen-bond acceptors (Lipinski definition) is 8. The molecule has 35 heavy (non-hydrogen) atoms. The molecule has 0 aliphatic carbocycles. The Labute approximate surface area is 207 Å². The lowest BCUT2D eigenvalue weighted by atomic mass is 10.1. The molecule has 2 aromatic carbocycles. The van der Waals surface area contributed by atoms with Gasteiger partial charge in [-0.05, 0) is 49.7 Å². The molecular weight excluding hydrogens is 472 g/mol. The van der Waals surface area contributed by atoms with Gasteiger partial charge in [-0.1, -0.05) is 12.1 Å². The van der Waals surface area contributed by atoms with Crippen LogP contribution in [0.25, 0.3) is 0 Å². The van der Waals surface area contributed by atoms with Crippen LogP contribution in [0.4, 0.5) is 10.7 Å². The SMILES string of the molecule is CCOc1ccccc1NC(=O)c1sc(NC(=O)c2ccc(OC)c(OC)c2)c(C(=O)OC)c1C. The summed E-state index contributed by atoms with van der Waals surface area (Å²) < 4.78 is 20.9. The van der Waals surface area contributed by atoms with Crippen LogP contribution in [-0.4, -0.2) is 45.7 Å². The summed E-state index contributed by atoms with van der Waals surface area (Å²) in [7, 11) is 4.19. The Hall–Kier alpha value is -4.05. The van der Waals surface area contributed by atoms with E-state index in [2.05, 4.69) is 10.6 Å². The monoisotopic (exact) mass is 498 g/mol. The van der Waals surface area contributed by atoms with Crippen LogP contribution in [-0.2, 0) is 4.74 Å². The molecule has 3 rings (SSSR count). The van der Waals surface area contributed by atoms with Gasteiger partial charge in [0, 0.05) is 5.56 Å². The van der Waals surface area contributed by atoms with Gasteiger partial charge in [0.05, 0.1) is 44.1 Å². The molecule has 0 atom stereocenters. The molecule has 9 nitrogen and oxygen atoms in total. The minimum Gasteiger partial charge on any atom is -0.493 e. The van der Waals surface area contributed by atoms with Gasteiger partial charge in [-0.15, -0.1) is 11.3 Å². The van der Waals surface area contributed by atoms with E-state index in [-0.39, 0.29) is 21.0 Å². The Balaban J connectivity index is 1.94. The van der Waals surface area contributed by atoms with Gasteiger partial charge >= 0.3 is 5.97 Å². The second-order valence-electron chi connectivity index (χ2n) is 7.16. The van der Waals surface area contributed by atoms with E-state index in [1.165, 1.54) is 27.4 Å². The number of nitrogens with one attached hydrogen (secondary N) is 2. The third-order valence-electron chi connectivity index (χ3n) is 5.05. The summed E-state index contributed by atoms with van der Waals surface area (Å²) in [4.78, 5) is 38.9. The number of ether oxygens (including phenoxy) is 4. The summed E-state index contributed by atoms with van der Waals surface area (Å²) in [6.45, 7) is 3.90. The maximum Gasteiger partial charge on any atom is 0.341 e. The molecule has 10 heteroatoms. The zero-order valence-electron chi connectivity index (χ0n) is 20.0. The van der Waals surface area contributed by atoms with E-state index < -0.39 is 17.8 Å². The third kappa shape index (κ3) is 5.55. The fourth-order valence-corrected chi connectivity index (χ4v) is 4.43. The van der Waals surface area contributed by atoms with Gasteiger partial charge in [0.25, 0.3) is 11.8 Å². The number of anilines is 2. The van der Waals surface area contributed by atoms with Crippen molar-refractivity contribution in [1.82, 2.24) is 0 Å². The second-order valence-corrected chi connectivity index (χ2v) is 8.18. The van der Waals surface area contributed by atoms with Crippen molar-refractivity contribution < 1.29 is 33.3 Å². The fourth-order valence-electron chi connectivity index (χ4n) is 3.35. The molecule has 2 N–H and O–H groups in total. The molecule has 1 heterocycles. The normalized spacial score (nSPS) is 10.3. The molecule has 0 aliphatic rings. The number of rotatable bonds is 9. The standard InChI is InChI=1S/C25H26N2O7S/c1-6-34-17-10-8-7-9-16(17)26-23(29)21-14(2)20(25(30)33-5)24(35-21)27-22(28)15-11-12-18(31-3)19(13-15)32-4/h7-13H,6H2,1-5H3,(H,26,29)(H,27,28). The van der Waals surface area contributed by atoms with Crippen LogP contribution in [0.5, 0.6) is 17.2 Å². The average Bonchev–Trinajstić information content (AvgIpc) is 3.19.